The minimum absolute atomic E-state index is 0.158. The van der Waals surface area contributed by atoms with Crippen LogP contribution >= 0.6 is 0 Å². The molecule has 2 atom stereocenters. The number of likely N-dealkylation sites (tertiary alicyclic amines) is 1. The Bertz CT molecular complexity index is 868. The van der Waals surface area contributed by atoms with Gasteiger partial charge in [-0.05, 0) is 44.6 Å². The largest absolute Gasteiger partial charge is 0.381 e. The van der Waals surface area contributed by atoms with E-state index in [-0.39, 0.29) is 6.04 Å². The molecule has 3 heterocycles. The second-order valence-electron chi connectivity index (χ2n) is 9.11. The second kappa shape index (κ2) is 10.9. The molecule has 2 saturated heterocycles. The third-order valence-electron chi connectivity index (χ3n) is 6.68. The highest BCUT2D eigenvalue weighted by Gasteiger charge is 2.24. The average Bonchev–Trinajstić information content (AvgIpc) is 3.44. The van der Waals surface area contributed by atoms with Crippen LogP contribution in [0.2, 0.25) is 0 Å². The standard InChI is InChI=1S/C24H37N7O/c1-18(21-7-5-4-6-8-21)26-24(25-15-23-29-28-19(2)30(23)3)27-22-9-12-31(13-10-22)16-20-11-14-32-17-20/h4-8,18,20,22H,9-17H2,1-3H3,(H2,25,26,27). The summed E-state index contributed by atoms with van der Waals surface area (Å²) in [4.78, 5) is 7.46. The number of nitrogens with zero attached hydrogens (tertiary/aromatic N) is 5. The smallest absolute Gasteiger partial charge is 0.192 e. The fourth-order valence-corrected chi connectivity index (χ4v) is 4.45. The van der Waals surface area contributed by atoms with Gasteiger partial charge in [-0.2, -0.15) is 0 Å². The van der Waals surface area contributed by atoms with Crippen LogP contribution in [-0.2, 0) is 18.3 Å². The lowest BCUT2D eigenvalue weighted by Crippen LogP contribution is -2.49. The SMILES string of the molecule is Cc1nnc(CN=C(NC2CCN(CC3CCOC3)CC2)NC(C)c2ccccc2)n1C. The third kappa shape index (κ3) is 6.07. The van der Waals surface area contributed by atoms with Gasteiger partial charge in [0.05, 0.1) is 12.6 Å². The Morgan fingerprint density at radius 2 is 1.97 bits per heavy atom. The molecule has 0 aliphatic carbocycles. The first-order valence-electron chi connectivity index (χ1n) is 11.9. The van der Waals surface area contributed by atoms with Crippen LogP contribution in [0.4, 0.5) is 0 Å². The van der Waals surface area contributed by atoms with Gasteiger partial charge in [-0.25, -0.2) is 4.99 Å². The second-order valence-corrected chi connectivity index (χ2v) is 9.11. The van der Waals surface area contributed by atoms with Crippen molar-refractivity contribution < 1.29 is 4.74 Å². The van der Waals surface area contributed by atoms with Gasteiger partial charge in [0.15, 0.2) is 11.8 Å². The molecule has 1 aromatic heterocycles. The fraction of sp³-hybridized carbons (Fsp3) is 0.625. The molecular formula is C24H37N7O. The van der Waals surface area contributed by atoms with Gasteiger partial charge in [-0.15, -0.1) is 10.2 Å². The number of aryl methyl sites for hydroxylation is 1. The molecule has 8 heteroatoms. The Labute approximate surface area is 191 Å². The molecule has 2 aliphatic heterocycles. The van der Waals surface area contributed by atoms with E-state index in [1.807, 2.05) is 24.6 Å². The maximum absolute atomic E-state index is 5.54. The van der Waals surface area contributed by atoms with E-state index in [1.54, 1.807) is 0 Å². The van der Waals surface area contributed by atoms with Crippen molar-refractivity contribution in [3.05, 3.63) is 47.5 Å². The zero-order valence-corrected chi connectivity index (χ0v) is 19.6. The van der Waals surface area contributed by atoms with Crippen molar-refractivity contribution in [2.24, 2.45) is 18.0 Å². The van der Waals surface area contributed by atoms with Crippen molar-refractivity contribution in [2.45, 2.75) is 51.7 Å². The summed E-state index contributed by atoms with van der Waals surface area (Å²) < 4.78 is 7.54. The molecule has 2 aliphatic rings. The lowest BCUT2D eigenvalue weighted by Gasteiger charge is -2.34. The van der Waals surface area contributed by atoms with Crippen LogP contribution in [0.1, 0.15) is 49.4 Å². The lowest BCUT2D eigenvalue weighted by atomic mass is 10.0. The summed E-state index contributed by atoms with van der Waals surface area (Å²) in [6, 6.07) is 11.1. The first kappa shape index (κ1) is 22.7. The summed E-state index contributed by atoms with van der Waals surface area (Å²) in [6.07, 6.45) is 3.45. The number of aromatic nitrogens is 3. The molecule has 2 aromatic rings. The van der Waals surface area contributed by atoms with Crippen LogP contribution in [-0.4, -0.2) is 64.5 Å². The van der Waals surface area contributed by atoms with Gasteiger partial charge in [-0.1, -0.05) is 30.3 Å². The predicted molar refractivity (Wildman–Crippen MR) is 126 cm³/mol. The Morgan fingerprint density at radius 1 is 1.19 bits per heavy atom. The van der Waals surface area contributed by atoms with Crippen molar-refractivity contribution in [2.75, 3.05) is 32.8 Å². The Kier molecular flexibility index (Phi) is 7.76. The molecule has 2 unspecified atom stereocenters. The molecule has 8 nitrogen and oxygen atoms in total. The van der Waals surface area contributed by atoms with Crippen molar-refractivity contribution in [1.82, 2.24) is 30.3 Å². The van der Waals surface area contributed by atoms with Crippen LogP contribution in [0.25, 0.3) is 0 Å². The van der Waals surface area contributed by atoms with Crippen molar-refractivity contribution in [1.29, 1.82) is 0 Å². The van der Waals surface area contributed by atoms with Gasteiger partial charge >= 0.3 is 0 Å². The molecule has 4 rings (SSSR count). The van der Waals surface area contributed by atoms with Crippen molar-refractivity contribution in [3.8, 4) is 0 Å². The summed E-state index contributed by atoms with van der Waals surface area (Å²) in [7, 11) is 1.98. The zero-order valence-electron chi connectivity index (χ0n) is 19.6. The molecule has 1 aromatic carbocycles. The highest BCUT2D eigenvalue weighted by molar-refractivity contribution is 5.80. The number of hydrogen-bond acceptors (Lipinski definition) is 5. The molecule has 0 spiro atoms. The number of piperidine rings is 1. The first-order chi connectivity index (χ1) is 15.6. The van der Waals surface area contributed by atoms with Gasteiger partial charge in [0.1, 0.15) is 12.4 Å². The fourth-order valence-electron chi connectivity index (χ4n) is 4.45. The highest BCUT2D eigenvalue weighted by Crippen LogP contribution is 2.18. The Balaban J connectivity index is 1.37. The third-order valence-corrected chi connectivity index (χ3v) is 6.68. The molecule has 0 saturated carbocycles. The number of benzene rings is 1. The van der Waals surface area contributed by atoms with Crippen LogP contribution in [0, 0.1) is 12.8 Å². The van der Waals surface area contributed by atoms with Gasteiger partial charge in [0, 0.05) is 39.3 Å². The summed E-state index contributed by atoms with van der Waals surface area (Å²) in [6.45, 7) is 9.90. The van der Waals surface area contributed by atoms with Crippen molar-refractivity contribution >= 4 is 5.96 Å². The quantitative estimate of drug-likeness (QED) is 0.510. The number of hydrogen-bond donors (Lipinski definition) is 2. The van der Waals surface area contributed by atoms with Crippen molar-refractivity contribution in [3.63, 3.8) is 0 Å². The van der Waals surface area contributed by atoms with Crippen LogP contribution in [0.5, 0.6) is 0 Å². The first-order valence-corrected chi connectivity index (χ1v) is 11.9. The number of ether oxygens (including phenoxy) is 1. The number of rotatable bonds is 7. The monoisotopic (exact) mass is 439 g/mol. The van der Waals surface area contributed by atoms with E-state index >= 15 is 0 Å². The predicted octanol–water partition coefficient (Wildman–Crippen LogP) is 2.42. The van der Waals surface area contributed by atoms with Crippen LogP contribution < -0.4 is 10.6 Å². The van der Waals surface area contributed by atoms with E-state index in [0.717, 1.165) is 56.8 Å². The minimum Gasteiger partial charge on any atom is -0.381 e. The minimum atomic E-state index is 0.158. The maximum Gasteiger partial charge on any atom is 0.192 e. The number of guanidine groups is 1. The maximum atomic E-state index is 5.54. The summed E-state index contributed by atoms with van der Waals surface area (Å²) >= 11 is 0. The number of aliphatic imine (C=N–C) groups is 1. The van der Waals surface area contributed by atoms with E-state index in [9.17, 15) is 0 Å². The molecular weight excluding hydrogens is 402 g/mol. The van der Waals surface area contributed by atoms with Crippen LogP contribution in [0.3, 0.4) is 0 Å². The zero-order chi connectivity index (χ0) is 22.3. The lowest BCUT2D eigenvalue weighted by molar-refractivity contribution is 0.150. The molecule has 2 N–H and O–H groups in total. The summed E-state index contributed by atoms with van der Waals surface area (Å²) in [5.74, 6) is 3.31. The van der Waals surface area contributed by atoms with Crippen LogP contribution in [0.15, 0.2) is 35.3 Å². The van der Waals surface area contributed by atoms with Gasteiger partial charge < -0.3 is 24.8 Å². The van der Waals surface area contributed by atoms with E-state index < -0.39 is 0 Å². The molecule has 32 heavy (non-hydrogen) atoms. The van der Waals surface area contributed by atoms with E-state index in [1.165, 1.54) is 18.5 Å². The van der Waals surface area contributed by atoms with Gasteiger partial charge in [0.25, 0.3) is 0 Å². The molecule has 0 amide bonds. The average molecular weight is 440 g/mol. The highest BCUT2D eigenvalue weighted by atomic mass is 16.5. The van der Waals surface area contributed by atoms with E-state index in [2.05, 4.69) is 56.9 Å². The normalized spacial score (nSPS) is 21.6. The van der Waals surface area contributed by atoms with E-state index in [4.69, 9.17) is 9.73 Å². The van der Waals surface area contributed by atoms with Gasteiger partial charge in [-0.3, -0.25) is 0 Å². The summed E-state index contributed by atoms with van der Waals surface area (Å²) in [5, 5.41) is 15.7. The number of nitrogens with one attached hydrogen (secondary N) is 2. The molecule has 0 bridgehead atoms. The topological polar surface area (TPSA) is 79.6 Å². The molecule has 2 fully saturated rings. The Morgan fingerprint density at radius 3 is 2.62 bits per heavy atom. The summed E-state index contributed by atoms with van der Waals surface area (Å²) in [5.41, 5.74) is 1.24. The van der Waals surface area contributed by atoms with E-state index in [0.29, 0.717) is 18.5 Å². The van der Waals surface area contributed by atoms with Gasteiger partial charge in [0.2, 0.25) is 0 Å². The Hall–Kier alpha value is -2.45. The molecule has 174 valence electrons. The molecule has 0 radical (unpaired) electrons.